The standard InChI is InChI=1S/C20H28N2O2/c23-19(21-18-8-4-3-5-9-18)16-10-12-17(13-11-16)20(24)22-14-6-1-2-7-15-22/h3-5,8-9,16-17H,1-2,6-7,10-15H2,(H,21,23). The summed E-state index contributed by atoms with van der Waals surface area (Å²) in [7, 11) is 0. The van der Waals surface area contributed by atoms with Gasteiger partial charge in [0.2, 0.25) is 11.8 Å². The molecule has 3 rings (SSSR count). The van der Waals surface area contributed by atoms with Gasteiger partial charge in [0.15, 0.2) is 0 Å². The van der Waals surface area contributed by atoms with E-state index in [0.29, 0.717) is 5.91 Å². The molecule has 1 saturated carbocycles. The molecule has 1 aromatic carbocycles. The minimum absolute atomic E-state index is 0.0402. The number of rotatable bonds is 3. The van der Waals surface area contributed by atoms with Crippen molar-refractivity contribution in [1.29, 1.82) is 0 Å². The zero-order valence-corrected chi connectivity index (χ0v) is 14.4. The van der Waals surface area contributed by atoms with Gasteiger partial charge in [0.05, 0.1) is 0 Å². The highest BCUT2D eigenvalue weighted by molar-refractivity contribution is 5.92. The summed E-state index contributed by atoms with van der Waals surface area (Å²) in [5.41, 5.74) is 0.852. The fourth-order valence-corrected chi connectivity index (χ4v) is 3.92. The molecule has 1 aliphatic carbocycles. The first kappa shape index (κ1) is 17.0. The number of benzene rings is 1. The number of likely N-dealkylation sites (tertiary alicyclic amines) is 1. The molecule has 4 heteroatoms. The first-order chi connectivity index (χ1) is 11.7. The summed E-state index contributed by atoms with van der Waals surface area (Å²) in [5, 5.41) is 2.99. The molecular formula is C20H28N2O2. The second-order valence-corrected chi connectivity index (χ2v) is 7.14. The topological polar surface area (TPSA) is 49.4 Å². The lowest BCUT2D eigenvalue weighted by Crippen LogP contribution is -2.39. The van der Waals surface area contributed by atoms with E-state index in [-0.39, 0.29) is 17.7 Å². The maximum absolute atomic E-state index is 12.7. The molecule has 130 valence electrons. The van der Waals surface area contributed by atoms with Crippen LogP contribution in [0.25, 0.3) is 0 Å². The van der Waals surface area contributed by atoms with E-state index in [1.807, 2.05) is 30.3 Å². The highest BCUT2D eigenvalue weighted by Gasteiger charge is 2.32. The molecule has 1 saturated heterocycles. The van der Waals surface area contributed by atoms with E-state index in [2.05, 4.69) is 10.2 Å². The third-order valence-corrected chi connectivity index (χ3v) is 5.41. The van der Waals surface area contributed by atoms with Crippen LogP contribution in [0.4, 0.5) is 5.69 Å². The molecule has 0 radical (unpaired) electrons. The number of hydrogen-bond acceptors (Lipinski definition) is 2. The minimum atomic E-state index is 0.0402. The molecular weight excluding hydrogens is 300 g/mol. The van der Waals surface area contributed by atoms with Crippen molar-refractivity contribution in [2.75, 3.05) is 18.4 Å². The van der Waals surface area contributed by atoms with Gasteiger partial charge in [-0.05, 0) is 50.7 Å². The molecule has 0 spiro atoms. The Morgan fingerprint density at radius 1 is 0.833 bits per heavy atom. The summed E-state index contributed by atoms with van der Waals surface area (Å²) in [4.78, 5) is 27.2. The van der Waals surface area contributed by atoms with Gasteiger partial charge in [0.25, 0.3) is 0 Å². The van der Waals surface area contributed by atoms with Gasteiger partial charge in [0.1, 0.15) is 0 Å². The molecule has 1 aromatic rings. The summed E-state index contributed by atoms with van der Waals surface area (Å²) < 4.78 is 0. The van der Waals surface area contributed by atoms with Crippen molar-refractivity contribution in [3.05, 3.63) is 30.3 Å². The Bertz CT molecular complexity index is 542. The van der Waals surface area contributed by atoms with Crippen molar-refractivity contribution >= 4 is 17.5 Å². The summed E-state index contributed by atoms with van der Waals surface area (Å²) in [5.74, 6) is 0.600. The van der Waals surface area contributed by atoms with E-state index < -0.39 is 0 Å². The Morgan fingerprint density at radius 2 is 1.42 bits per heavy atom. The first-order valence-corrected chi connectivity index (χ1v) is 9.39. The third-order valence-electron chi connectivity index (χ3n) is 5.41. The normalized spacial score (nSPS) is 24.9. The Hall–Kier alpha value is -1.84. The third kappa shape index (κ3) is 4.37. The smallest absolute Gasteiger partial charge is 0.227 e. The van der Waals surface area contributed by atoms with Crippen LogP contribution in [0.15, 0.2) is 30.3 Å². The fourth-order valence-electron chi connectivity index (χ4n) is 3.92. The van der Waals surface area contributed by atoms with Crippen LogP contribution < -0.4 is 5.32 Å². The number of carbonyl (C=O) groups excluding carboxylic acids is 2. The monoisotopic (exact) mass is 328 g/mol. The van der Waals surface area contributed by atoms with Gasteiger partial charge in [-0.2, -0.15) is 0 Å². The summed E-state index contributed by atoms with van der Waals surface area (Å²) in [6.07, 6.45) is 8.11. The van der Waals surface area contributed by atoms with Crippen LogP contribution in [0.5, 0.6) is 0 Å². The van der Waals surface area contributed by atoms with E-state index in [9.17, 15) is 9.59 Å². The van der Waals surface area contributed by atoms with E-state index in [0.717, 1.165) is 57.3 Å². The predicted molar refractivity (Wildman–Crippen MR) is 95.6 cm³/mol. The van der Waals surface area contributed by atoms with Gasteiger partial charge in [-0.15, -0.1) is 0 Å². The van der Waals surface area contributed by atoms with Crippen LogP contribution in [-0.2, 0) is 9.59 Å². The lowest BCUT2D eigenvalue weighted by molar-refractivity contribution is -0.137. The molecule has 2 amide bonds. The number of amides is 2. The van der Waals surface area contributed by atoms with Crippen molar-refractivity contribution < 1.29 is 9.59 Å². The van der Waals surface area contributed by atoms with E-state index in [1.165, 1.54) is 12.8 Å². The van der Waals surface area contributed by atoms with Crippen molar-refractivity contribution in [2.45, 2.75) is 51.4 Å². The molecule has 1 N–H and O–H groups in total. The maximum atomic E-state index is 12.7. The van der Waals surface area contributed by atoms with Gasteiger partial charge in [-0.3, -0.25) is 9.59 Å². The van der Waals surface area contributed by atoms with Crippen LogP contribution in [0, 0.1) is 11.8 Å². The number of hydrogen-bond donors (Lipinski definition) is 1. The van der Waals surface area contributed by atoms with E-state index in [1.54, 1.807) is 0 Å². The molecule has 24 heavy (non-hydrogen) atoms. The zero-order valence-electron chi connectivity index (χ0n) is 14.4. The molecule has 1 heterocycles. The Balaban J connectivity index is 1.48. The highest BCUT2D eigenvalue weighted by atomic mass is 16.2. The molecule has 0 aromatic heterocycles. The Morgan fingerprint density at radius 3 is 2.04 bits per heavy atom. The van der Waals surface area contributed by atoms with Crippen LogP contribution in [0.2, 0.25) is 0 Å². The SMILES string of the molecule is O=C(Nc1ccccc1)C1CCC(C(=O)N2CCCCCC2)CC1. The lowest BCUT2D eigenvalue weighted by atomic mass is 9.81. The van der Waals surface area contributed by atoms with Crippen LogP contribution in [0.3, 0.4) is 0 Å². The van der Waals surface area contributed by atoms with Crippen molar-refractivity contribution in [1.82, 2.24) is 4.90 Å². The zero-order chi connectivity index (χ0) is 16.8. The Labute approximate surface area is 144 Å². The quantitative estimate of drug-likeness (QED) is 0.916. The number of carbonyl (C=O) groups is 2. The molecule has 1 aliphatic heterocycles. The van der Waals surface area contributed by atoms with Crippen molar-refractivity contribution in [3.63, 3.8) is 0 Å². The highest BCUT2D eigenvalue weighted by Crippen LogP contribution is 2.31. The molecule has 0 atom stereocenters. The summed E-state index contributed by atoms with van der Waals surface area (Å²) in [6.45, 7) is 1.85. The largest absolute Gasteiger partial charge is 0.342 e. The average Bonchev–Trinajstić information content (AvgIpc) is 2.91. The van der Waals surface area contributed by atoms with Crippen molar-refractivity contribution in [3.8, 4) is 0 Å². The van der Waals surface area contributed by atoms with Crippen LogP contribution in [-0.4, -0.2) is 29.8 Å². The molecule has 0 unspecified atom stereocenters. The number of para-hydroxylation sites is 1. The average molecular weight is 328 g/mol. The molecule has 0 bridgehead atoms. The maximum Gasteiger partial charge on any atom is 0.227 e. The number of anilines is 1. The van der Waals surface area contributed by atoms with Crippen LogP contribution >= 0.6 is 0 Å². The summed E-state index contributed by atoms with van der Waals surface area (Å²) >= 11 is 0. The van der Waals surface area contributed by atoms with Crippen molar-refractivity contribution in [2.24, 2.45) is 11.8 Å². The second kappa shape index (κ2) is 8.32. The summed E-state index contributed by atoms with van der Waals surface area (Å²) in [6, 6.07) is 9.60. The predicted octanol–water partition coefficient (Wildman–Crippen LogP) is 3.83. The van der Waals surface area contributed by atoms with Crippen LogP contribution in [0.1, 0.15) is 51.4 Å². The number of nitrogens with zero attached hydrogens (tertiary/aromatic N) is 1. The Kier molecular flexibility index (Phi) is 5.89. The molecule has 2 fully saturated rings. The first-order valence-electron chi connectivity index (χ1n) is 9.39. The van der Waals surface area contributed by atoms with Gasteiger partial charge < -0.3 is 10.2 Å². The van der Waals surface area contributed by atoms with Gasteiger partial charge in [-0.25, -0.2) is 0 Å². The van der Waals surface area contributed by atoms with E-state index >= 15 is 0 Å². The second-order valence-electron chi connectivity index (χ2n) is 7.14. The number of nitrogens with one attached hydrogen (secondary N) is 1. The lowest BCUT2D eigenvalue weighted by Gasteiger charge is -2.31. The van der Waals surface area contributed by atoms with Gasteiger partial charge in [-0.1, -0.05) is 31.0 Å². The molecule has 2 aliphatic rings. The van der Waals surface area contributed by atoms with Gasteiger partial charge in [0, 0.05) is 30.6 Å². The van der Waals surface area contributed by atoms with E-state index in [4.69, 9.17) is 0 Å². The fraction of sp³-hybridized carbons (Fsp3) is 0.600. The van der Waals surface area contributed by atoms with Gasteiger partial charge >= 0.3 is 0 Å². The molecule has 4 nitrogen and oxygen atoms in total. The minimum Gasteiger partial charge on any atom is -0.342 e.